The van der Waals surface area contributed by atoms with Gasteiger partial charge in [-0.3, -0.25) is 0 Å². The van der Waals surface area contributed by atoms with Crippen molar-refractivity contribution in [2.45, 2.75) is 19.3 Å². The predicted octanol–water partition coefficient (Wildman–Crippen LogP) is 2.07. The molecular formula is C4H7ClO2. The van der Waals surface area contributed by atoms with Crippen molar-refractivity contribution in [1.29, 1.82) is 0 Å². The minimum Gasteiger partial charge on any atom is -0.469 e. The number of carbonyl (C=O) groups is 1. The van der Waals surface area contributed by atoms with Crippen molar-refractivity contribution >= 4 is 17.0 Å². The summed E-state index contributed by atoms with van der Waals surface area (Å²) in [5, 5.41) is 7.18. The zero-order chi connectivity index (χ0) is 5.70. The zero-order valence-electron chi connectivity index (χ0n) is 3.85. The molecule has 7 heavy (non-hydrogen) atoms. The van der Waals surface area contributed by atoms with Gasteiger partial charge in [0.05, 0.1) is 0 Å². The number of halogens is 1. The molecule has 0 atom stereocenters. The van der Waals surface area contributed by atoms with Crippen molar-refractivity contribution < 1.29 is 9.90 Å². The summed E-state index contributed by atoms with van der Waals surface area (Å²) in [6, 6.07) is 0. The fraction of sp³-hybridized carbons (Fsp3) is 0.750. The highest BCUT2D eigenvalue weighted by Crippen LogP contribution is 2.14. The first-order chi connectivity index (χ1) is 3.23. The van der Waals surface area contributed by atoms with E-state index in [-0.39, 0.29) is 0 Å². The SMILES string of the molecule is C1CC1.O=C(O)Cl. The predicted molar refractivity (Wildman–Crippen MR) is 27.7 cm³/mol. The van der Waals surface area contributed by atoms with Crippen molar-refractivity contribution in [3.63, 3.8) is 0 Å². The lowest BCUT2D eigenvalue weighted by molar-refractivity contribution is 0.220. The van der Waals surface area contributed by atoms with Crippen LogP contribution >= 0.6 is 11.6 Å². The largest absolute Gasteiger partial charge is 0.469 e. The second kappa shape index (κ2) is 3.93. The van der Waals surface area contributed by atoms with Gasteiger partial charge in [-0.05, 0) is 0 Å². The van der Waals surface area contributed by atoms with Crippen LogP contribution in [-0.2, 0) is 0 Å². The van der Waals surface area contributed by atoms with Crippen LogP contribution in [0.1, 0.15) is 19.3 Å². The maximum absolute atomic E-state index is 8.77. The highest BCUT2D eigenvalue weighted by molar-refractivity contribution is 6.60. The van der Waals surface area contributed by atoms with E-state index in [2.05, 4.69) is 11.6 Å². The maximum Gasteiger partial charge on any atom is 0.401 e. The zero-order valence-corrected chi connectivity index (χ0v) is 4.61. The smallest absolute Gasteiger partial charge is 0.401 e. The summed E-state index contributed by atoms with van der Waals surface area (Å²) in [4.78, 5) is 8.77. The first-order valence-corrected chi connectivity index (χ1v) is 2.49. The van der Waals surface area contributed by atoms with E-state index in [0.29, 0.717) is 0 Å². The summed E-state index contributed by atoms with van der Waals surface area (Å²) in [5.41, 5.74) is -1.36. The molecule has 1 aliphatic rings. The third-order valence-electron chi connectivity index (χ3n) is 0.354. The van der Waals surface area contributed by atoms with Gasteiger partial charge in [0.25, 0.3) is 0 Å². The molecule has 0 heterocycles. The normalized spacial score (nSPS) is 13.9. The molecule has 0 aromatic rings. The van der Waals surface area contributed by atoms with E-state index in [1.54, 1.807) is 0 Å². The van der Waals surface area contributed by atoms with Gasteiger partial charge in [-0.2, -0.15) is 0 Å². The monoisotopic (exact) mass is 122 g/mol. The molecule has 0 aliphatic heterocycles. The highest BCUT2D eigenvalue weighted by atomic mass is 35.5. The number of hydrogen-bond donors (Lipinski definition) is 1. The molecule has 0 unspecified atom stereocenters. The van der Waals surface area contributed by atoms with E-state index < -0.39 is 5.43 Å². The molecule has 42 valence electrons. The van der Waals surface area contributed by atoms with Crippen molar-refractivity contribution in [3.8, 4) is 0 Å². The Morgan fingerprint density at radius 2 is 1.57 bits per heavy atom. The third-order valence-corrected chi connectivity index (χ3v) is 0.354. The third kappa shape index (κ3) is 141. The molecule has 1 N–H and O–H groups in total. The van der Waals surface area contributed by atoms with Crippen molar-refractivity contribution in [2.24, 2.45) is 0 Å². The molecule has 0 amide bonds. The lowest BCUT2D eigenvalue weighted by atomic mass is 11.0. The van der Waals surface area contributed by atoms with Gasteiger partial charge < -0.3 is 5.11 Å². The molecular weight excluding hydrogens is 115 g/mol. The quantitative estimate of drug-likeness (QED) is 0.500. The Labute approximate surface area is 47.1 Å². The van der Waals surface area contributed by atoms with Gasteiger partial charge in [0.2, 0.25) is 0 Å². The molecule has 0 radical (unpaired) electrons. The summed E-state index contributed by atoms with van der Waals surface area (Å²) < 4.78 is 0. The van der Waals surface area contributed by atoms with Gasteiger partial charge in [0.15, 0.2) is 0 Å². The second-order valence-corrected chi connectivity index (χ2v) is 1.64. The van der Waals surface area contributed by atoms with Crippen LogP contribution < -0.4 is 0 Å². The van der Waals surface area contributed by atoms with Crippen molar-refractivity contribution in [2.75, 3.05) is 0 Å². The Morgan fingerprint density at radius 1 is 1.43 bits per heavy atom. The van der Waals surface area contributed by atoms with Crippen LogP contribution in [0.2, 0.25) is 0 Å². The Balaban J connectivity index is 0.000000105. The van der Waals surface area contributed by atoms with E-state index in [9.17, 15) is 0 Å². The van der Waals surface area contributed by atoms with Gasteiger partial charge in [-0.15, -0.1) is 0 Å². The topological polar surface area (TPSA) is 37.3 Å². The minimum atomic E-state index is -1.36. The fourth-order valence-electron chi connectivity index (χ4n) is 0. The Hall–Kier alpha value is -0.240. The molecule has 3 heteroatoms. The molecule has 0 spiro atoms. The first-order valence-electron chi connectivity index (χ1n) is 2.12. The van der Waals surface area contributed by atoms with Gasteiger partial charge in [0.1, 0.15) is 0 Å². The Bertz CT molecular complexity index is 54.0. The van der Waals surface area contributed by atoms with Gasteiger partial charge in [-0.25, -0.2) is 4.79 Å². The summed E-state index contributed by atoms with van der Waals surface area (Å²) >= 11 is 4.19. The molecule has 2 nitrogen and oxygen atoms in total. The Morgan fingerprint density at radius 3 is 1.57 bits per heavy atom. The number of hydrogen-bond acceptors (Lipinski definition) is 1. The van der Waals surface area contributed by atoms with Crippen LogP contribution in [0.4, 0.5) is 4.79 Å². The molecule has 1 aliphatic carbocycles. The molecule has 1 rings (SSSR count). The molecule has 0 aromatic heterocycles. The molecule has 0 bridgehead atoms. The van der Waals surface area contributed by atoms with Gasteiger partial charge in [0, 0.05) is 11.6 Å². The standard InChI is InChI=1S/C3H6.CHClO2/c1-2-3-1;2-1(3)4/h1-3H2;(H,3,4). The number of rotatable bonds is 0. The molecule has 0 saturated heterocycles. The number of carboxylic acid groups (broad SMARTS) is 1. The summed E-state index contributed by atoms with van der Waals surface area (Å²) in [7, 11) is 0. The van der Waals surface area contributed by atoms with Crippen molar-refractivity contribution in [1.82, 2.24) is 0 Å². The van der Waals surface area contributed by atoms with E-state index in [4.69, 9.17) is 9.90 Å². The molecule has 0 aromatic carbocycles. The van der Waals surface area contributed by atoms with E-state index in [0.717, 1.165) is 0 Å². The van der Waals surface area contributed by atoms with Crippen molar-refractivity contribution in [3.05, 3.63) is 0 Å². The highest BCUT2D eigenvalue weighted by Gasteiger charge is 1.95. The van der Waals surface area contributed by atoms with Crippen LogP contribution in [-0.4, -0.2) is 10.5 Å². The average Bonchev–Trinajstić information content (AvgIpc) is 2.02. The Kier molecular flexibility index (Phi) is 3.80. The van der Waals surface area contributed by atoms with Crippen LogP contribution in [0.5, 0.6) is 0 Å². The fourth-order valence-corrected chi connectivity index (χ4v) is 0. The van der Waals surface area contributed by atoms with Gasteiger partial charge >= 0.3 is 5.43 Å². The van der Waals surface area contributed by atoms with Crippen LogP contribution in [0.3, 0.4) is 0 Å². The average molecular weight is 123 g/mol. The lowest BCUT2D eigenvalue weighted by Crippen LogP contribution is -1.66. The summed E-state index contributed by atoms with van der Waals surface area (Å²) in [6.45, 7) is 0. The second-order valence-electron chi connectivity index (χ2n) is 1.31. The van der Waals surface area contributed by atoms with Gasteiger partial charge in [-0.1, -0.05) is 19.3 Å². The summed E-state index contributed by atoms with van der Waals surface area (Å²) in [6.07, 6.45) is 4.50. The molecule has 1 fully saturated rings. The van der Waals surface area contributed by atoms with E-state index in [1.807, 2.05) is 0 Å². The maximum atomic E-state index is 8.77. The first kappa shape index (κ1) is 6.76. The summed E-state index contributed by atoms with van der Waals surface area (Å²) in [5.74, 6) is 0. The van der Waals surface area contributed by atoms with Crippen LogP contribution in [0.15, 0.2) is 0 Å². The lowest BCUT2D eigenvalue weighted by Gasteiger charge is -1.55. The minimum absolute atomic E-state index is 1.36. The molecule has 1 saturated carbocycles. The van der Waals surface area contributed by atoms with Crippen LogP contribution in [0.25, 0.3) is 0 Å². The van der Waals surface area contributed by atoms with Crippen LogP contribution in [0, 0.1) is 0 Å². The van der Waals surface area contributed by atoms with E-state index >= 15 is 0 Å². The van der Waals surface area contributed by atoms with E-state index in [1.165, 1.54) is 19.3 Å².